The van der Waals surface area contributed by atoms with E-state index in [0.717, 1.165) is 38.0 Å². The van der Waals surface area contributed by atoms with Gasteiger partial charge in [0, 0.05) is 19.6 Å². The zero-order valence-electron chi connectivity index (χ0n) is 12.2. The van der Waals surface area contributed by atoms with Crippen LogP contribution in [0.3, 0.4) is 0 Å². The van der Waals surface area contributed by atoms with Gasteiger partial charge in [-0.1, -0.05) is 30.3 Å². The number of hydrogen-bond donors (Lipinski definition) is 1. The lowest BCUT2D eigenvalue weighted by Gasteiger charge is -2.36. The van der Waals surface area contributed by atoms with Crippen LogP contribution in [0.2, 0.25) is 0 Å². The highest BCUT2D eigenvalue weighted by molar-refractivity contribution is 5.67. The van der Waals surface area contributed by atoms with E-state index >= 15 is 0 Å². The van der Waals surface area contributed by atoms with Gasteiger partial charge in [0.1, 0.15) is 6.61 Å². The second kappa shape index (κ2) is 6.91. The molecule has 0 saturated carbocycles. The van der Waals surface area contributed by atoms with Crippen molar-refractivity contribution >= 4 is 6.09 Å². The Morgan fingerprint density at radius 1 is 1.24 bits per heavy atom. The van der Waals surface area contributed by atoms with Crippen molar-refractivity contribution in [3.05, 3.63) is 35.9 Å². The van der Waals surface area contributed by atoms with Gasteiger partial charge in [-0.05, 0) is 18.4 Å². The van der Waals surface area contributed by atoms with E-state index in [1.165, 1.54) is 0 Å². The Morgan fingerprint density at radius 3 is 2.76 bits per heavy atom. The number of carbonyl (C=O) groups excluding carboxylic acids is 1. The van der Waals surface area contributed by atoms with Crippen LogP contribution >= 0.6 is 0 Å². The molecule has 1 aromatic rings. The molecular formula is C16H22N2O3. The van der Waals surface area contributed by atoms with Gasteiger partial charge in [0.05, 0.1) is 18.8 Å². The Labute approximate surface area is 125 Å². The summed E-state index contributed by atoms with van der Waals surface area (Å²) in [4.78, 5) is 13.9. The van der Waals surface area contributed by atoms with Gasteiger partial charge in [-0.3, -0.25) is 0 Å². The Kier molecular flexibility index (Phi) is 4.72. The maximum absolute atomic E-state index is 12.1. The van der Waals surface area contributed by atoms with E-state index in [0.29, 0.717) is 19.3 Å². The van der Waals surface area contributed by atoms with Crippen molar-refractivity contribution in [3.8, 4) is 0 Å². The SMILES string of the molecule is O=C(OCc1ccccc1)N1CCCC(OC2CNC2)C1. The molecular weight excluding hydrogens is 268 g/mol. The summed E-state index contributed by atoms with van der Waals surface area (Å²) in [6.07, 6.45) is 2.23. The third-order valence-corrected chi connectivity index (χ3v) is 3.97. The summed E-state index contributed by atoms with van der Waals surface area (Å²) in [6, 6.07) is 9.76. The molecule has 2 heterocycles. The van der Waals surface area contributed by atoms with Crippen molar-refractivity contribution in [2.75, 3.05) is 26.2 Å². The summed E-state index contributed by atoms with van der Waals surface area (Å²) in [5.41, 5.74) is 1.01. The van der Waals surface area contributed by atoms with Crippen LogP contribution in [0.25, 0.3) is 0 Å². The average molecular weight is 290 g/mol. The van der Waals surface area contributed by atoms with Crippen LogP contribution < -0.4 is 5.32 Å². The third-order valence-electron chi connectivity index (χ3n) is 3.97. The molecule has 0 aliphatic carbocycles. The first-order chi connectivity index (χ1) is 10.3. The van der Waals surface area contributed by atoms with Crippen molar-refractivity contribution in [1.82, 2.24) is 10.2 Å². The monoisotopic (exact) mass is 290 g/mol. The zero-order chi connectivity index (χ0) is 14.5. The molecule has 5 nitrogen and oxygen atoms in total. The number of benzene rings is 1. The minimum atomic E-state index is -0.237. The second-order valence-electron chi connectivity index (χ2n) is 5.67. The number of carbonyl (C=O) groups is 1. The van der Waals surface area contributed by atoms with E-state index in [-0.39, 0.29) is 12.2 Å². The molecule has 0 spiro atoms. The summed E-state index contributed by atoms with van der Waals surface area (Å²) in [5, 5.41) is 3.19. The Bertz CT molecular complexity index is 462. The highest BCUT2D eigenvalue weighted by Gasteiger charge is 2.28. The molecule has 1 N–H and O–H groups in total. The van der Waals surface area contributed by atoms with E-state index in [2.05, 4.69) is 5.32 Å². The molecule has 114 valence electrons. The van der Waals surface area contributed by atoms with Crippen LogP contribution in [0.5, 0.6) is 0 Å². The van der Waals surface area contributed by atoms with Gasteiger partial charge in [-0.2, -0.15) is 0 Å². The van der Waals surface area contributed by atoms with E-state index < -0.39 is 0 Å². The highest BCUT2D eigenvalue weighted by Crippen LogP contribution is 2.17. The lowest BCUT2D eigenvalue weighted by atomic mass is 10.1. The van der Waals surface area contributed by atoms with Crippen molar-refractivity contribution in [2.45, 2.75) is 31.7 Å². The zero-order valence-corrected chi connectivity index (χ0v) is 12.2. The lowest BCUT2D eigenvalue weighted by Crippen LogP contribution is -2.52. The molecule has 2 fully saturated rings. The fourth-order valence-electron chi connectivity index (χ4n) is 2.66. The number of amides is 1. The van der Waals surface area contributed by atoms with Crippen molar-refractivity contribution in [2.24, 2.45) is 0 Å². The smallest absolute Gasteiger partial charge is 0.410 e. The molecule has 0 aromatic heterocycles. The molecule has 1 unspecified atom stereocenters. The third kappa shape index (κ3) is 3.95. The Morgan fingerprint density at radius 2 is 2.05 bits per heavy atom. The van der Waals surface area contributed by atoms with Crippen LogP contribution in [0.1, 0.15) is 18.4 Å². The maximum Gasteiger partial charge on any atom is 0.410 e. The van der Waals surface area contributed by atoms with Gasteiger partial charge in [0.2, 0.25) is 0 Å². The molecule has 5 heteroatoms. The standard InChI is InChI=1S/C16H22N2O3/c19-16(20-12-13-5-2-1-3-6-13)18-8-4-7-14(11-18)21-15-9-17-10-15/h1-3,5-6,14-15,17H,4,7-12H2. The van der Waals surface area contributed by atoms with Gasteiger partial charge < -0.3 is 19.7 Å². The van der Waals surface area contributed by atoms with Crippen LogP contribution in [0.15, 0.2) is 30.3 Å². The van der Waals surface area contributed by atoms with E-state index in [4.69, 9.17) is 9.47 Å². The quantitative estimate of drug-likeness (QED) is 0.918. The van der Waals surface area contributed by atoms with Crippen molar-refractivity contribution in [3.63, 3.8) is 0 Å². The largest absolute Gasteiger partial charge is 0.445 e. The topological polar surface area (TPSA) is 50.8 Å². The van der Waals surface area contributed by atoms with Crippen LogP contribution in [-0.2, 0) is 16.1 Å². The lowest BCUT2D eigenvalue weighted by molar-refractivity contribution is -0.0649. The summed E-state index contributed by atoms with van der Waals surface area (Å²) < 4.78 is 11.3. The first-order valence-corrected chi connectivity index (χ1v) is 7.63. The molecule has 1 aromatic carbocycles. The molecule has 2 saturated heterocycles. The second-order valence-corrected chi connectivity index (χ2v) is 5.67. The maximum atomic E-state index is 12.1. The first-order valence-electron chi connectivity index (χ1n) is 7.63. The van der Waals surface area contributed by atoms with E-state index in [1.54, 1.807) is 4.90 Å². The number of nitrogens with zero attached hydrogens (tertiary/aromatic N) is 1. The number of rotatable bonds is 4. The summed E-state index contributed by atoms with van der Waals surface area (Å²) in [5.74, 6) is 0. The number of ether oxygens (including phenoxy) is 2. The summed E-state index contributed by atoms with van der Waals surface area (Å²) in [6.45, 7) is 3.58. The molecule has 21 heavy (non-hydrogen) atoms. The number of hydrogen-bond acceptors (Lipinski definition) is 4. The van der Waals surface area contributed by atoms with Crippen LogP contribution in [-0.4, -0.2) is 49.4 Å². The molecule has 1 atom stereocenters. The molecule has 2 aliphatic heterocycles. The highest BCUT2D eigenvalue weighted by atomic mass is 16.6. The normalized spacial score (nSPS) is 22.7. The van der Waals surface area contributed by atoms with Gasteiger partial charge in [-0.25, -0.2) is 4.79 Å². The first kappa shape index (κ1) is 14.4. The van der Waals surface area contributed by atoms with Crippen molar-refractivity contribution in [1.29, 1.82) is 0 Å². The van der Waals surface area contributed by atoms with Gasteiger partial charge in [0.25, 0.3) is 0 Å². The van der Waals surface area contributed by atoms with E-state index in [1.807, 2.05) is 30.3 Å². The fourth-order valence-corrected chi connectivity index (χ4v) is 2.66. The number of likely N-dealkylation sites (tertiary alicyclic amines) is 1. The van der Waals surface area contributed by atoms with Crippen molar-refractivity contribution < 1.29 is 14.3 Å². The van der Waals surface area contributed by atoms with Gasteiger partial charge in [0.15, 0.2) is 0 Å². The molecule has 3 rings (SSSR count). The van der Waals surface area contributed by atoms with Crippen LogP contribution in [0, 0.1) is 0 Å². The van der Waals surface area contributed by atoms with E-state index in [9.17, 15) is 4.79 Å². The fraction of sp³-hybridized carbons (Fsp3) is 0.562. The predicted octanol–water partition coefficient (Wildman–Crippen LogP) is 1.78. The number of nitrogens with one attached hydrogen (secondary N) is 1. The molecule has 2 aliphatic rings. The average Bonchev–Trinajstić information content (AvgIpc) is 2.50. The van der Waals surface area contributed by atoms with Crippen LogP contribution in [0.4, 0.5) is 4.79 Å². The Hall–Kier alpha value is -1.59. The Balaban J connectivity index is 1.45. The summed E-state index contributed by atoms with van der Waals surface area (Å²) >= 11 is 0. The molecule has 0 radical (unpaired) electrons. The van der Waals surface area contributed by atoms with Gasteiger partial charge >= 0.3 is 6.09 Å². The minimum Gasteiger partial charge on any atom is -0.445 e. The van der Waals surface area contributed by atoms with Gasteiger partial charge in [-0.15, -0.1) is 0 Å². The molecule has 0 bridgehead atoms. The predicted molar refractivity (Wildman–Crippen MR) is 79.0 cm³/mol. The summed E-state index contributed by atoms with van der Waals surface area (Å²) in [7, 11) is 0. The number of piperidine rings is 1. The molecule has 1 amide bonds. The minimum absolute atomic E-state index is 0.148.